The summed E-state index contributed by atoms with van der Waals surface area (Å²) in [4.78, 5) is 19.7. The largest absolute Gasteiger partial charge is 0.511 e. The standard InChI is InChI=1S/C26H32N2O3/c1-3-4-5-12-17-23(29)24(26(30)31-2)25-27-22(21-15-10-7-11-16-21)19-28(25)18-20-13-8-6-9-14-20/h6-11,13-16,22,29H,3-5,12,17-19H2,1-2H3/b24-23+. The van der Waals surface area contributed by atoms with Crippen molar-refractivity contribution in [3.05, 3.63) is 83.1 Å². The van der Waals surface area contributed by atoms with Gasteiger partial charge in [-0.2, -0.15) is 0 Å². The Balaban J connectivity index is 1.94. The van der Waals surface area contributed by atoms with Crippen molar-refractivity contribution < 1.29 is 14.6 Å². The van der Waals surface area contributed by atoms with Gasteiger partial charge in [0.1, 0.15) is 17.2 Å². The number of aliphatic hydroxyl groups is 1. The zero-order valence-corrected chi connectivity index (χ0v) is 18.5. The number of rotatable bonds is 10. The number of nitrogens with zero attached hydrogens (tertiary/aromatic N) is 2. The highest BCUT2D eigenvalue weighted by Crippen LogP contribution is 2.30. The van der Waals surface area contributed by atoms with E-state index < -0.39 is 5.97 Å². The lowest BCUT2D eigenvalue weighted by Crippen LogP contribution is -2.32. The second-order valence-corrected chi connectivity index (χ2v) is 7.87. The van der Waals surface area contributed by atoms with Gasteiger partial charge in [0.25, 0.3) is 0 Å². The molecule has 1 aliphatic heterocycles. The van der Waals surface area contributed by atoms with Crippen LogP contribution in [-0.2, 0) is 16.1 Å². The first-order valence-corrected chi connectivity index (χ1v) is 11.1. The van der Waals surface area contributed by atoms with E-state index in [1.54, 1.807) is 0 Å². The molecule has 1 aliphatic rings. The van der Waals surface area contributed by atoms with Crippen LogP contribution in [0, 0.1) is 0 Å². The number of carbonyl (C=O) groups is 1. The molecule has 1 heterocycles. The SMILES string of the molecule is CCCCCC/C(O)=C(\C(=O)OC)C1=NC(c2ccccc2)CN1Cc1ccccc1. The van der Waals surface area contributed by atoms with Crippen LogP contribution in [0.3, 0.4) is 0 Å². The zero-order valence-electron chi connectivity index (χ0n) is 18.5. The monoisotopic (exact) mass is 420 g/mol. The number of carbonyl (C=O) groups excluding carboxylic acids is 1. The van der Waals surface area contributed by atoms with E-state index >= 15 is 0 Å². The molecule has 1 unspecified atom stereocenters. The fourth-order valence-electron chi connectivity index (χ4n) is 3.87. The van der Waals surface area contributed by atoms with Gasteiger partial charge in [0.05, 0.1) is 13.2 Å². The van der Waals surface area contributed by atoms with E-state index in [1.165, 1.54) is 7.11 Å². The van der Waals surface area contributed by atoms with Crippen LogP contribution in [0.1, 0.15) is 56.2 Å². The summed E-state index contributed by atoms with van der Waals surface area (Å²) in [6, 6.07) is 20.0. The Kier molecular flexibility index (Phi) is 8.27. The summed E-state index contributed by atoms with van der Waals surface area (Å²) in [7, 11) is 1.35. The molecule has 2 aromatic carbocycles. The van der Waals surface area contributed by atoms with Crippen molar-refractivity contribution in [3.63, 3.8) is 0 Å². The third-order valence-corrected chi connectivity index (χ3v) is 5.54. The number of ether oxygens (including phenoxy) is 1. The van der Waals surface area contributed by atoms with E-state index in [2.05, 4.69) is 24.0 Å². The summed E-state index contributed by atoms with van der Waals surface area (Å²) in [5.74, 6) is 0.0320. The Bertz CT molecular complexity index is 907. The van der Waals surface area contributed by atoms with Crippen LogP contribution in [-0.4, -0.2) is 35.5 Å². The molecule has 0 saturated heterocycles. The smallest absolute Gasteiger partial charge is 0.345 e. The number of amidine groups is 1. The fourth-order valence-corrected chi connectivity index (χ4v) is 3.87. The molecule has 1 N–H and O–H groups in total. The third kappa shape index (κ3) is 5.97. The first-order valence-electron chi connectivity index (χ1n) is 11.1. The van der Waals surface area contributed by atoms with Crippen LogP contribution in [0.25, 0.3) is 0 Å². The molecule has 3 rings (SSSR count). The molecule has 0 aliphatic carbocycles. The minimum Gasteiger partial charge on any atom is -0.511 e. The molecule has 0 aromatic heterocycles. The molecule has 5 nitrogen and oxygen atoms in total. The predicted octanol–water partition coefficient (Wildman–Crippen LogP) is 5.60. The molecule has 31 heavy (non-hydrogen) atoms. The Hall–Kier alpha value is -3.08. The maximum Gasteiger partial charge on any atom is 0.345 e. The highest BCUT2D eigenvalue weighted by atomic mass is 16.5. The summed E-state index contributed by atoms with van der Waals surface area (Å²) in [5, 5.41) is 10.9. The van der Waals surface area contributed by atoms with Crippen molar-refractivity contribution >= 4 is 11.8 Å². The number of aliphatic hydroxyl groups excluding tert-OH is 1. The van der Waals surface area contributed by atoms with Crippen molar-refractivity contribution in [2.24, 2.45) is 4.99 Å². The van der Waals surface area contributed by atoms with Gasteiger partial charge in [-0.25, -0.2) is 4.79 Å². The predicted molar refractivity (Wildman–Crippen MR) is 124 cm³/mol. The van der Waals surface area contributed by atoms with E-state index in [-0.39, 0.29) is 17.4 Å². The van der Waals surface area contributed by atoms with E-state index in [0.717, 1.165) is 36.8 Å². The highest BCUT2D eigenvalue weighted by molar-refractivity contribution is 6.19. The average Bonchev–Trinajstić information content (AvgIpc) is 3.21. The van der Waals surface area contributed by atoms with Crippen LogP contribution < -0.4 is 0 Å². The number of allylic oxidation sites excluding steroid dienone is 1. The van der Waals surface area contributed by atoms with Gasteiger partial charge in [-0.3, -0.25) is 4.99 Å². The van der Waals surface area contributed by atoms with Gasteiger partial charge in [0.15, 0.2) is 0 Å². The molecular formula is C26H32N2O3. The summed E-state index contributed by atoms with van der Waals surface area (Å²) >= 11 is 0. The Morgan fingerprint density at radius 3 is 2.39 bits per heavy atom. The molecule has 2 aromatic rings. The first kappa shape index (κ1) is 22.6. The summed E-state index contributed by atoms with van der Waals surface area (Å²) in [6.45, 7) is 3.39. The number of methoxy groups -OCH3 is 1. The highest BCUT2D eigenvalue weighted by Gasteiger charge is 2.33. The van der Waals surface area contributed by atoms with Crippen LogP contribution in [0.15, 0.2) is 77.0 Å². The lowest BCUT2D eigenvalue weighted by molar-refractivity contribution is -0.135. The van der Waals surface area contributed by atoms with Crippen molar-refractivity contribution in [2.75, 3.05) is 13.7 Å². The lowest BCUT2D eigenvalue weighted by atomic mass is 10.1. The molecule has 5 heteroatoms. The molecular weight excluding hydrogens is 388 g/mol. The van der Waals surface area contributed by atoms with Crippen LogP contribution >= 0.6 is 0 Å². The summed E-state index contributed by atoms with van der Waals surface area (Å²) < 4.78 is 5.05. The number of aliphatic imine (C=N–C) groups is 1. The summed E-state index contributed by atoms with van der Waals surface area (Å²) in [5.41, 5.74) is 2.39. The maximum atomic E-state index is 12.7. The Morgan fingerprint density at radius 2 is 1.74 bits per heavy atom. The second kappa shape index (κ2) is 11.3. The number of benzene rings is 2. The van der Waals surface area contributed by atoms with Gasteiger partial charge in [-0.1, -0.05) is 86.8 Å². The van der Waals surface area contributed by atoms with Gasteiger partial charge in [-0.15, -0.1) is 0 Å². The van der Waals surface area contributed by atoms with Gasteiger partial charge >= 0.3 is 5.97 Å². The number of esters is 1. The quantitative estimate of drug-likeness (QED) is 0.235. The minimum atomic E-state index is -0.543. The third-order valence-electron chi connectivity index (χ3n) is 5.54. The van der Waals surface area contributed by atoms with Crippen molar-refractivity contribution in [1.29, 1.82) is 0 Å². The molecule has 0 bridgehead atoms. The van der Waals surface area contributed by atoms with Gasteiger partial charge in [0, 0.05) is 19.5 Å². The van der Waals surface area contributed by atoms with Crippen molar-refractivity contribution in [1.82, 2.24) is 4.90 Å². The van der Waals surface area contributed by atoms with Crippen molar-refractivity contribution in [2.45, 2.75) is 51.6 Å². The zero-order chi connectivity index (χ0) is 22.1. The van der Waals surface area contributed by atoms with Crippen molar-refractivity contribution in [3.8, 4) is 0 Å². The average molecular weight is 421 g/mol. The van der Waals surface area contributed by atoms with Crippen LogP contribution in [0.4, 0.5) is 0 Å². The second-order valence-electron chi connectivity index (χ2n) is 7.87. The lowest BCUT2D eigenvalue weighted by Gasteiger charge is -2.22. The van der Waals surface area contributed by atoms with Gasteiger partial charge in [-0.05, 0) is 17.5 Å². The number of hydrogen-bond donors (Lipinski definition) is 1. The molecule has 0 saturated carbocycles. The molecule has 0 radical (unpaired) electrons. The summed E-state index contributed by atoms with van der Waals surface area (Å²) in [6.07, 6.45) is 4.51. The van der Waals surface area contributed by atoms with E-state index in [4.69, 9.17) is 9.73 Å². The van der Waals surface area contributed by atoms with E-state index in [9.17, 15) is 9.90 Å². The molecule has 0 amide bonds. The molecule has 1 atom stereocenters. The number of hydrogen-bond acceptors (Lipinski definition) is 5. The Morgan fingerprint density at radius 1 is 1.06 bits per heavy atom. The molecule has 0 spiro atoms. The molecule has 164 valence electrons. The van der Waals surface area contributed by atoms with Crippen LogP contribution in [0.5, 0.6) is 0 Å². The molecule has 0 fully saturated rings. The van der Waals surface area contributed by atoms with E-state index in [1.807, 2.05) is 48.5 Å². The van der Waals surface area contributed by atoms with Crippen LogP contribution in [0.2, 0.25) is 0 Å². The normalized spacial score (nSPS) is 16.6. The van der Waals surface area contributed by atoms with E-state index in [0.29, 0.717) is 25.3 Å². The minimum absolute atomic E-state index is 0.0634. The fraction of sp³-hybridized carbons (Fsp3) is 0.385. The van der Waals surface area contributed by atoms with Gasteiger partial charge in [0.2, 0.25) is 0 Å². The topological polar surface area (TPSA) is 62.1 Å². The Labute approximate surface area is 185 Å². The van der Waals surface area contributed by atoms with Gasteiger partial charge < -0.3 is 14.7 Å². The number of unbranched alkanes of at least 4 members (excludes halogenated alkanes) is 3. The first-order chi connectivity index (χ1) is 15.1. The maximum absolute atomic E-state index is 12.7.